The second-order valence-corrected chi connectivity index (χ2v) is 9.75. The van der Waals surface area contributed by atoms with Crippen molar-refractivity contribution in [1.29, 1.82) is 0 Å². The predicted molar refractivity (Wildman–Crippen MR) is 142 cm³/mol. The average Bonchev–Trinajstić information content (AvgIpc) is 2.85. The van der Waals surface area contributed by atoms with E-state index in [1.165, 1.54) is 12.0 Å². The van der Waals surface area contributed by atoms with Crippen LogP contribution in [-0.2, 0) is 4.74 Å². The third kappa shape index (κ3) is 6.76. The summed E-state index contributed by atoms with van der Waals surface area (Å²) in [5.41, 5.74) is 2.01. The number of benzene rings is 2. The van der Waals surface area contributed by atoms with E-state index in [1.54, 1.807) is 39.0 Å². The molecule has 0 saturated heterocycles. The Morgan fingerprint density at radius 1 is 1.11 bits per heavy atom. The SMILES string of the molecule is C/C=C(\CC)c1ccc(NC(=O)c2cc(F)c(C3=CCN(C(=O)OC(C)(C)C)CC3)cc2F)cc1OC. The van der Waals surface area contributed by atoms with Gasteiger partial charge in [-0.2, -0.15) is 0 Å². The molecule has 2 aromatic rings. The van der Waals surface area contributed by atoms with Crippen LogP contribution in [0.3, 0.4) is 0 Å². The van der Waals surface area contributed by atoms with Gasteiger partial charge in [0.05, 0.1) is 12.7 Å². The molecule has 0 spiro atoms. The quantitative estimate of drug-likeness (QED) is 0.450. The van der Waals surface area contributed by atoms with Gasteiger partial charge in [0.2, 0.25) is 0 Å². The van der Waals surface area contributed by atoms with Crippen LogP contribution in [0.2, 0.25) is 0 Å². The highest BCUT2D eigenvalue weighted by Gasteiger charge is 2.25. The number of methoxy groups -OCH3 is 1. The molecule has 3 rings (SSSR count). The van der Waals surface area contributed by atoms with Crippen LogP contribution in [0.25, 0.3) is 11.1 Å². The summed E-state index contributed by atoms with van der Waals surface area (Å²) in [7, 11) is 1.54. The maximum absolute atomic E-state index is 15.0. The molecule has 1 heterocycles. The lowest BCUT2D eigenvalue weighted by atomic mass is 9.97. The predicted octanol–water partition coefficient (Wildman–Crippen LogP) is 7.06. The summed E-state index contributed by atoms with van der Waals surface area (Å²) < 4.78 is 40.8. The molecule has 2 aromatic carbocycles. The Balaban J connectivity index is 1.77. The second-order valence-electron chi connectivity index (χ2n) is 9.75. The molecule has 0 radical (unpaired) electrons. The normalized spacial score (nSPS) is 14.2. The van der Waals surface area contributed by atoms with Crippen molar-refractivity contribution in [3.8, 4) is 5.75 Å². The number of ether oxygens (including phenoxy) is 2. The Labute approximate surface area is 216 Å². The highest BCUT2D eigenvalue weighted by molar-refractivity contribution is 6.05. The monoisotopic (exact) mass is 512 g/mol. The Bertz CT molecular complexity index is 1250. The van der Waals surface area contributed by atoms with Crippen LogP contribution in [0.15, 0.2) is 42.5 Å². The number of hydrogen-bond acceptors (Lipinski definition) is 4. The molecule has 0 atom stereocenters. The van der Waals surface area contributed by atoms with Crippen LogP contribution in [0.5, 0.6) is 5.75 Å². The van der Waals surface area contributed by atoms with Gasteiger partial charge in [0, 0.05) is 36.0 Å². The number of hydrogen-bond donors (Lipinski definition) is 1. The fraction of sp³-hybridized carbons (Fsp3) is 0.379. The number of nitrogens with one attached hydrogen (secondary N) is 1. The summed E-state index contributed by atoms with van der Waals surface area (Å²) in [5.74, 6) is -1.75. The van der Waals surface area contributed by atoms with Crippen LogP contribution >= 0.6 is 0 Å². The van der Waals surface area contributed by atoms with Gasteiger partial charge in [-0.05, 0) is 75.9 Å². The Morgan fingerprint density at radius 3 is 2.41 bits per heavy atom. The number of allylic oxidation sites excluding steroid dienone is 2. The van der Waals surface area contributed by atoms with Crippen molar-refractivity contribution < 1.29 is 27.8 Å². The second kappa shape index (κ2) is 11.6. The van der Waals surface area contributed by atoms with E-state index >= 15 is 4.39 Å². The molecule has 0 unspecified atom stereocenters. The fourth-order valence-corrected chi connectivity index (χ4v) is 4.16. The molecule has 2 amide bonds. The van der Waals surface area contributed by atoms with E-state index in [1.807, 2.05) is 26.0 Å². The van der Waals surface area contributed by atoms with Crippen molar-refractivity contribution in [3.05, 3.63) is 70.8 Å². The molecule has 6 nitrogen and oxygen atoms in total. The number of anilines is 1. The van der Waals surface area contributed by atoms with E-state index in [-0.39, 0.29) is 12.1 Å². The lowest BCUT2D eigenvalue weighted by Gasteiger charge is -2.29. The maximum Gasteiger partial charge on any atom is 0.410 e. The maximum atomic E-state index is 15.0. The van der Waals surface area contributed by atoms with Crippen molar-refractivity contribution in [2.45, 2.75) is 53.1 Å². The first-order chi connectivity index (χ1) is 17.5. The topological polar surface area (TPSA) is 67.9 Å². The number of carbonyl (C=O) groups is 2. The van der Waals surface area contributed by atoms with E-state index in [0.29, 0.717) is 30.0 Å². The summed E-state index contributed by atoms with van der Waals surface area (Å²) in [5, 5.41) is 2.62. The van der Waals surface area contributed by atoms with Crippen LogP contribution in [0.4, 0.5) is 19.3 Å². The van der Waals surface area contributed by atoms with Crippen molar-refractivity contribution in [3.63, 3.8) is 0 Å². The molecule has 1 aliphatic rings. The number of rotatable bonds is 6. The van der Waals surface area contributed by atoms with Gasteiger partial charge in [0.25, 0.3) is 5.91 Å². The minimum Gasteiger partial charge on any atom is -0.496 e. The zero-order chi connectivity index (χ0) is 27.3. The molecule has 37 heavy (non-hydrogen) atoms. The van der Waals surface area contributed by atoms with Gasteiger partial charge in [0.15, 0.2) is 0 Å². The highest BCUT2D eigenvalue weighted by Crippen LogP contribution is 2.32. The van der Waals surface area contributed by atoms with E-state index < -0.39 is 34.8 Å². The van der Waals surface area contributed by atoms with E-state index in [9.17, 15) is 14.0 Å². The van der Waals surface area contributed by atoms with Gasteiger partial charge >= 0.3 is 6.09 Å². The zero-order valence-electron chi connectivity index (χ0n) is 22.2. The summed E-state index contributed by atoms with van der Waals surface area (Å²) in [6.07, 6.45) is 4.35. The van der Waals surface area contributed by atoms with Gasteiger partial charge in [0.1, 0.15) is 23.0 Å². The zero-order valence-corrected chi connectivity index (χ0v) is 22.2. The van der Waals surface area contributed by atoms with Gasteiger partial charge in [-0.3, -0.25) is 4.79 Å². The summed E-state index contributed by atoms with van der Waals surface area (Å²) in [6, 6.07) is 7.10. The molecule has 0 aromatic heterocycles. The Kier molecular flexibility index (Phi) is 8.73. The molecular formula is C29H34F2N2O4. The lowest BCUT2D eigenvalue weighted by molar-refractivity contribution is 0.0270. The van der Waals surface area contributed by atoms with Gasteiger partial charge < -0.3 is 19.7 Å². The minimum absolute atomic E-state index is 0.0716. The number of carbonyl (C=O) groups excluding carboxylic acids is 2. The number of halogens is 2. The molecule has 198 valence electrons. The first kappa shape index (κ1) is 27.9. The van der Waals surface area contributed by atoms with Crippen molar-refractivity contribution in [2.75, 3.05) is 25.5 Å². The highest BCUT2D eigenvalue weighted by atomic mass is 19.1. The molecular weight excluding hydrogens is 478 g/mol. The summed E-state index contributed by atoms with van der Waals surface area (Å²) in [6.45, 7) is 9.85. The van der Waals surface area contributed by atoms with E-state index in [2.05, 4.69) is 5.32 Å². The van der Waals surface area contributed by atoms with Crippen molar-refractivity contribution in [1.82, 2.24) is 4.90 Å². The third-order valence-electron chi connectivity index (χ3n) is 6.04. The fourth-order valence-electron chi connectivity index (χ4n) is 4.16. The van der Waals surface area contributed by atoms with Gasteiger partial charge in [-0.1, -0.05) is 19.1 Å². The largest absolute Gasteiger partial charge is 0.496 e. The van der Waals surface area contributed by atoms with Crippen LogP contribution in [0, 0.1) is 11.6 Å². The summed E-state index contributed by atoms with van der Waals surface area (Å²) >= 11 is 0. The average molecular weight is 513 g/mol. The van der Waals surface area contributed by atoms with Crippen molar-refractivity contribution >= 4 is 28.8 Å². The molecule has 1 aliphatic heterocycles. The first-order valence-electron chi connectivity index (χ1n) is 12.3. The van der Waals surface area contributed by atoms with Gasteiger partial charge in [-0.15, -0.1) is 0 Å². The van der Waals surface area contributed by atoms with Crippen molar-refractivity contribution in [2.24, 2.45) is 0 Å². The van der Waals surface area contributed by atoms with Crippen LogP contribution < -0.4 is 10.1 Å². The Hall–Kier alpha value is -3.68. The third-order valence-corrected chi connectivity index (χ3v) is 6.04. The van der Waals surface area contributed by atoms with Crippen LogP contribution in [-0.4, -0.2) is 42.7 Å². The molecule has 0 saturated carbocycles. The summed E-state index contributed by atoms with van der Waals surface area (Å²) in [4.78, 5) is 26.6. The lowest BCUT2D eigenvalue weighted by Crippen LogP contribution is -2.39. The number of nitrogens with zero attached hydrogens (tertiary/aromatic N) is 1. The Morgan fingerprint density at radius 2 is 1.84 bits per heavy atom. The first-order valence-corrected chi connectivity index (χ1v) is 12.3. The molecule has 0 bridgehead atoms. The van der Waals surface area contributed by atoms with E-state index in [4.69, 9.17) is 9.47 Å². The minimum atomic E-state index is -0.838. The standard InChI is InChI=1S/C29H34F2N2O4/c1-7-18(8-2)21-10-9-20(15-26(21)36-6)32-27(34)23-17-24(30)22(16-25(23)31)19-11-13-33(14-12-19)28(35)37-29(3,4)5/h7,9-11,15-17H,8,12-14H2,1-6H3,(H,32,34)/b18-7+. The van der Waals surface area contributed by atoms with E-state index in [0.717, 1.165) is 29.7 Å². The van der Waals surface area contributed by atoms with Crippen LogP contribution in [0.1, 0.15) is 68.9 Å². The smallest absolute Gasteiger partial charge is 0.410 e. The number of amides is 2. The molecule has 0 fully saturated rings. The molecule has 1 N–H and O–H groups in total. The molecule has 0 aliphatic carbocycles. The molecule has 8 heteroatoms. The van der Waals surface area contributed by atoms with Gasteiger partial charge in [-0.25, -0.2) is 13.6 Å².